The molecule has 1 aliphatic heterocycles. The van der Waals surface area contributed by atoms with Crippen LogP contribution in [-0.2, 0) is 9.47 Å². The lowest BCUT2D eigenvalue weighted by Gasteiger charge is -2.32. The Morgan fingerprint density at radius 1 is 1.22 bits per heavy atom. The molecule has 1 saturated heterocycles. The van der Waals surface area contributed by atoms with Crippen molar-refractivity contribution >= 4 is 17.5 Å². The standard InChI is InChI=1S/C15H23N3O5/c1-3-23-15(21)18-7-4-10(5-8-18)17-12-11(13(19)14(12)20)16-6-9-22-2/h10,16-17H,3-9H2,1-2H3. The van der Waals surface area contributed by atoms with Crippen LogP contribution in [0.15, 0.2) is 9.59 Å². The molecule has 0 radical (unpaired) electrons. The van der Waals surface area contributed by atoms with E-state index in [1.807, 2.05) is 0 Å². The van der Waals surface area contributed by atoms with Gasteiger partial charge < -0.3 is 25.0 Å². The zero-order valence-corrected chi connectivity index (χ0v) is 13.5. The Labute approximate surface area is 134 Å². The molecular formula is C15H23N3O5. The predicted octanol–water partition coefficient (Wildman–Crippen LogP) is 0.374. The summed E-state index contributed by atoms with van der Waals surface area (Å²) in [7, 11) is 1.57. The van der Waals surface area contributed by atoms with Crippen LogP contribution < -0.4 is 21.5 Å². The number of ether oxygens (including phenoxy) is 2. The average molecular weight is 325 g/mol. The van der Waals surface area contributed by atoms with Crippen molar-refractivity contribution in [2.24, 2.45) is 0 Å². The molecule has 23 heavy (non-hydrogen) atoms. The summed E-state index contributed by atoms with van der Waals surface area (Å²) in [6.07, 6.45) is 1.10. The van der Waals surface area contributed by atoms with Gasteiger partial charge in [-0.2, -0.15) is 0 Å². The molecule has 0 saturated carbocycles. The van der Waals surface area contributed by atoms with Crippen LogP contribution in [0, 0.1) is 0 Å². The van der Waals surface area contributed by atoms with Gasteiger partial charge in [0, 0.05) is 32.8 Å². The number of rotatable bonds is 7. The summed E-state index contributed by atoms with van der Waals surface area (Å²) in [5, 5.41) is 6.05. The van der Waals surface area contributed by atoms with E-state index >= 15 is 0 Å². The summed E-state index contributed by atoms with van der Waals surface area (Å²) in [5.41, 5.74) is -0.300. The first-order chi connectivity index (χ1) is 11.1. The van der Waals surface area contributed by atoms with E-state index in [4.69, 9.17) is 9.47 Å². The number of hydrogen-bond acceptors (Lipinski definition) is 7. The molecule has 0 unspecified atom stereocenters. The Kier molecular flexibility index (Phi) is 5.97. The first-order valence-corrected chi connectivity index (χ1v) is 7.82. The molecule has 128 valence electrons. The SMILES string of the molecule is CCOC(=O)N1CCC(Nc2c(NCCOC)c(=O)c2=O)CC1. The predicted molar refractivity (Wildman–Crippen MR) is 87.0 cm³/mol. The maximum Gasteiger partial charge on any atom is 0.409 e. The van der Waals surface area contributed by atoms with E-state index < -0.39 is 10.9 Å². The number of methoxy groups -OCH3 is 1. The molecule has 8 nitrogen and oxygen atoms in total. The monoisotopic (exact) mass is 325 g/mol. The molecule has 1 aliphatic rings. The van der Waals surface area contributed by atoms with E-state index in [1.54, 1.807) is 18.9 Å². The van der Waals surface area contributed by atoms with Crippen LogP contribution in [0.3, 0.4) is 0 Å². The first kappa shape index (κ1) is 17.3. The molecule has 0 atom stereocenters. The third-order valence-electron chi connectivity index (χ3n) is 3.89. The summed E-state index contributed by atoms with van der Waals surface area (Å²) in [4.78, 5) is 36.6. The van der Waals surface area contributed by atoms with Crippen molar-refractivity contribution in [3.8, 4) is 0 Å². The number of carbonyl (C=O) groups is 1. The Bertz CT molecular complexity index is 600. The van der Waals surface area contributed by atoms with E-state index in [1.165, 1.54) is 0 Å². The van der Waals surface area contributed by atoms with Crippen LogP contribution >= 0.6 is 0 Å². The van der Waals surface area contributed by atoms with E-state index in [-0.39, 0.29) is 12.1 Å². The van der Waals surface area contributed by atoms with Gasteiger partial charge in [-0.3, -0.25) is 9.59 Å². The smallest absolute Gasteiger partial charge is 0.409 e. The van der Waals surface area contributed by atoms with Gasteiger partial charge in [-0.25, -0.2) is 4.79 Å². The topological polar surface area (TPSA) is 97.0 Å². The Hall–Kier alpha value is -2.09. The molecule has 1 aromatic carbocycles. The third kappa shape index (κ3) is 4.01. The average Bonchev–Trinajstić information content (AvgIpc) is 2.57. The molecule has 1 aromatic rings. The van der Waals surface area contributed by atoms with Crippen molar-refractivity contribution in [1.29, 1.82) is 0 Å². The molecule has 0 bridgehead atoms. The van der Waals surface area contributed by atoms with Crippen LogP contribution in [0.25, 0.3) is 0 Å². The number of likely N-dealkylation sites (tertiary alicyclic amines) is 1. The number of nitrogens with one attached hydrogen (secondary N) is 2. The van der Waals surface area contributed by atoms with E-state index in [9.17, 15) is 14.4 Å². The quantitative estimate of drug-likeness (QED) is 0.552. The maximum atomic E-state index is 11.7. The Balaban J connectivity index is 1.87. The fourth-order valence-corrected chi connectivity index (χ4v) is 2.60. The van der Waals surface area contributed by atoms with Gasteiger partial charge in [0.1, 0.15) is 11.4 Å². The van der Waals surface area contributed by atoms with Crippen LogP contribution in [0.5, 0.6) is 0 Å². The summed E-state index contributed by atoms with van der Waals surface area (Å²) < 4.78 is 9.88. The minimum absolute atomic E-state index is 0.0620. The zero-order chi connectivity index (χ0) is 16.8. The van der Waals surface area contributed by atoms with Gasteiger partial charge in [0.25, 0.3) is 10.9 Å². The number of piperidine rings is 1. The van der Waals surface area contributed by atoms with Crippen molar-refractivity contribution in [2.45, 2.75) is 25.8 Å². The lowest BCUT2D eigenvalue weighted by molar-refractivity contribution is 0.0983. The van der Waals surface area contributed by atoms with Gasteiger partial charge in [-0.15, -0.1) is 0 Å². The van der Waals surface area contributed by atoms with E-state index in [0.717, 1.165) is 0 Å². The molecule has 1 amide bonds. The van der Waals surface area contributed by atoms with Crippen LogP contribution in [0.1, 0.15) is 19.8 Å². The number of anilines is 2. The van der Waals surface area contributed by atoms with Gasteiger partial charge >= 0.3 is 6.09 Å². The van der Waals surface area contributed by atoms with Gasteiger partial charge in [-0.1, -0.05) is 0 Å². The minimum Gasteiger partial charge on any atom is -0.450 e. The molecule has 0 spiro atoms. The molecule has 1 heterocycles. The highest BCUT2D eigenvalue weighted by Gasteiger charge is 2.27. The Morgan fingerprint density at radius 2 is 1.87 bits per heavy atom. The minimum atomic E-state index is -0.493. The fraction of sp³-hybridized carbons (Fsp3) is 0.667. The molecule has 1 fully saturated rings. The number of carbonyl (C=O) groups excluding carboxylic acids is 1. The molecule has 0 aliphatic carbocycles. The second-order valence-electron chi connectivity index (χ2n) is 5.43. The first-order valence-electron chi connectivity index (χ1n) is 7.82. The molecule has 2 rings (SSSR count). The largest absolute Gasteiger partial charge is 0.450 e. The molecule has 2 N–H and O–H groups in total. The highest BCUT2D eigenvalue weighted by atomic mass is 16.6. The van der Waals surface area contributed by atoms with Gasteiger partial charge in [-0.05, 0) is 19.8 Å². The number of amides is 1. The van der Waals surface area contributed by atoms with E-state index in [2.05, 4.69) is 10.6 Å². The van der Waals surface area contributed by atoms with Crippen molar-refractivity contribution in [2.75, 3.05) is 50.6 Å². The van der Waals surface area contributed by atoms with Gasteiger partial charge in [0.05, 0.1) is 13.2 Å². The second-order valence-corrected chi connectivity index (χ2v) is 5.43. The summed E-state index contributed by atoms with van der Waals surface area (Å²) in [5.74, 6) is 0. The second kappa shape index (κ2) is 7.96. The lowest BCUT2D eigenvalue weighted by atomic mass is 10.0. The zero-order valence-electron chi connectivity index (χ0n) is 13.5. The summed E-state index contributed by atoms with van der Waals surface area (Å²) in [6.45, 7) is 4.19. The highest BCUT2D eigenvalue weighted by Crippen LogP contribution is 2.20. The number of nitrogens with zero attached hydrogens (tertiary/aromatic N) is 1. The summed E-state index contributed by atoms with van der Waals surface area (Å²) >= 11 is 0. The molecule has 0 aromatic heterocycles. The lowest BCUT2D eigenvalue weighted by Crippen LogP contribution is -2.45. The summed E-state index contributed by atoms with van der Waals surface area (Å²) in [6, 6.07) is 0.0620. The fourth-order valence-electron chi connectivity index (χ4n) is 2.60. The molecular weight excluding hydrogens is 302 g/mol. The number of hydrogen-bond donors (Lipinski definition) is 2. The van der Waals surface area contributed by atoms with Gasteiger partial charge in [0.15, 0.2) is 0 Å². The molecule has 8 heteroatoms. The third-order valence-corrected chi connectivity index (χ3v) is 3.89. The normalized spacial score (nSPS) is 15.7. The van der Waals surface area contributed by atoms with Crippen molar-refractivity contribution < 1.29 is 14.3 Å². The van der Waals surface area contributed by atoms with Gasteiger partial charge in [0.2, 0.25) is 0 Å². The van der Waals surface area contributed by atoms with E-state index in [0.29, 0.717) is 57.1 Å². The van der Waals surface area contributed by atoms with Crippen LogP contribution in [0.4, 0.5) is 16.2 Å². The van der Waals surface area contributed by atoms with Crippen molar-refractivity contribution in [3.05, 3.63) is 20.4 Å². The highest BCUT2D eigenvalue weighted by molar-refractivity contribution is 5.74. The van der Waals surface area contributed by atoms with Crippen molar-refractivity contribution in [1.82, 2.24) is 4.90 Å². The van der Waals surface area contributed by atoms with Crippen LogP contribution in [-0.4, -0.2) is 57.0 Å². The Morgan fingerprint density at radius 3 is 2.48 bits per heavy atom. The van der Waals surface area contributed by atoms with Crippen molar-refractivity contribution in [3.63, 3.8) is 0 Å². The maximum absolute atomic E-state index is 11.7. The van der Waals surface area contributed by atoms with Crippen LogP contribution in [0.2, 0.25) is 0 Å².